The molecule has 0 radical (unpaired) electrons. The molecule has 7 nitrogen and oxygen atoms in total. The second-order valence-electron chi connectivity index (χ2n) is 10.3. The van der Waals surface area contributed by atoms with Crippen molar-refractivity contribution in [1.82, 2.24) is 0 Å². The van der Waals surface area contributed by atoms with Crippen LogP contribution >= 0.6 is 7.82 Å². The number of phosphoric ester groups is 1. The van der Waals surface area contributed by atoms with Gasteiger partial charge in [-0.3, -0.25) is 9.32 Å². The number of rotatable bonds is 27. The molecule has 0 aromatic rings. The van der Waals surface area contributed by atoms with Gasteiger partial charge < -0.3 is 19.6 Å². The lowest BCUT2D eigenvalue weighted by Gasteiger charge is -2.23. The van der Waals surface area contributed by atoms with Crippen molar-refractivity contribution in [2.45, 2.75) is 167 Å². The van der Waals surface area contributed by atoms with Gasteiger partial charge in [-0.25, -0.2) is 4.57 Å². The van der Waals surface area contributed by atoms with Crippen LogP contribution in [0, 0.1) is 0 Å². The van der Waals surface area contributed by atoms with E-state index in [9.17, 15) is 24.3 Å². The highest BCUT2D eigenvalue weighted by Crippen LogP contribution is 2.40. The third-order valence-electron chi connectivity index (χ3n) is 6.69. The second kappa shape index (κ2) is 24.9. The minimum atomic E-state index is -4.64. The molecular weight excluding hydrogens is 479 g/mol. The molecule has 0 saturated carbocycles. The van der Waals surface area contributed by atoms with Crippen LogP contribution in [0.1, 0.15) is 155 Å². The quantitative estimate of drug-likeness (QED) is 0.0554. The first kappa shape index (κ1) is 35.5. The van der Waals surface area contributed by atoms with Gasteiger partial charge in [-0.05, 0) is 25.7 Å². The fourth-order valence-electron chi connectivity index (χ4n) is 4.45. The molecule has 0 aromatic carbocycles. The van der Waals surface area contributed by atoms with Crippen molar-refractivity contribution >= 4 is 13.8 Å². The highest BCUT2D eigenvalue weighted by molar-refractivity contribution is 7.46. The zero-order valence-corrected chi connectivity index (χ0v) is 24.2. The molecular formula is C28H57O7P. The van der Waals surface area contributed by atoms with E-state index in [2.05, 4.69) is 13.8 Å². The Morgan fingerprint density at radius 1 is 0.667 bits per heavy atom. The smallest absolute Gasteiger partial charge is 0.466 e. The van der Waals surface area contributed by atoms with E-state index in [4.69, 9.17) is 9.26 Å². The predicted molar refractivity (Wildman–Crippen MR) is 147 cm³/mol. The maximum atomic E-state index is 11.9. The number of hydrogen-bond donors (Lipinski definition) is 3. The number of ether oxygens (including phenoxy) is 1. The van der Waals surface area contributed by atoms with Gasteiger partial charge in [0.15, 0.2) is 0 Å². The highest BCUT2D eigenvalue weighted by atomic mass is 31.2. The van der Waals surface area contributed by atoms with Gasteiger partial charge in [0.05, 0.1) is 18.8 Å². The molecule has 0 aromatic heterocycles. The number of aliphatic hydroxyl groups is 1. The molecule has 0 spiro atoms. The maximum Gasteiger partial charge on any atom is 0.469 e. The molecule has 0 bridgehead atoms. The molecule has 0 aliphatic carbocycles. The Hall–Kier alpha value is -0.460. The Balaban J connectivity index is 3.82. The van der Waals surface area contributed by atoms with E-state index in [-0.39, 0.29) is 5.97 Å². The van der Waals surface area contributed by atoms with Gasteiger partial charge in [0.1, 0.15) is 0 Å². The average Bonchev–Trinajstić information content (AvgIpc) is 2.83. The number of unbranched alkanes of at least 4 members (excludes halogenated alkanes) is 16. The summed E-state index contributed by atoms with van der Waals surface area (Å²) in [6.45, 7) is 4.92. The lowest BCUT2D eigenvalue weighted by atomic mass is 9.99. The van der Waals surface area contributed by atoms with Crippen molar-refractivity contribution in [3.63, 3.8) is 0 Å². The number of carbonyl (C=O) groups excluding carboxylic acids is 1. The topological polar surface area (TPSA) is 113 Å². The second-order valence-corrected chi connectivity index (χ2v) is 11.5. The minimum Gasteiger partial charge on any atom is -0.466 e. The summed E-state index contributed by atoms with van der Waals surface area (Å²) in [7, 11) is -4.64. The van der Waals surface area contributed by atoms with Crippen molar-refractivity contribution in [2.24, 2.45) is 0 Å². The molecule has 2 atom stereocenters. The Kier molecular flexibility index (Phi) is 24.5. The van der Waals surface area contributed by atoms with Gasteiger partial charge in [0.2, 0.25) is 0 Å². The van der Waals surface area contributed by atoms with Crippen molar-refractivity contribution in [3.05, 3.63) is 0 Å². The van der Waals surface area contributed by atoms with Crippen LogP contribution in [0.25, 0.3) is 0 Å². The molecule has 36 heavy (non-hydrogen) atoms. The van der Waals surface area contributed by atoms with Crippen LogP contribution < -0.4 is 0 Å². The predicted octanol–water partition coefficient (Wildman–Crippen LogP) is 7.99. The molecule has 0 amide bonds. The summed E-state index contributed by atoms with van der Waals surface area (Å²) in [5.74, 6) is -0.120. The van der Waals surface area contributed by atoms with Crippen LogP contribution in [-0.4, -0.2) is 39.7 Å². The van der Waals surface area contributed by atoms with E-state index in [1.165, 1.54) is 57.8 Å². The number of aliphatic hydroxyl groups excluding tert-OH is 1. The van der Waals surface area contributed by atoms with Gasteiger partial charge in [-0.1, -0.05) is 123 Å². The number of carbonyl (C=O) groups is 1. The van der Waals surface area contributed by atoms with Crippen molar-refractivity contribution in [2.75, 3.05) is 6.61 Å². The first-order chi connectivity index (χ1) is 17.3. The van der Waals surface area contributed by atoms with Crippen LogP contribution in [0.15, 0.2) is 0 Å². The van der Waals surface area contributed by atoms with E-state index < -0.39 is 20.0 Å². The number of phosphoric acid groups is 1. The molecule has 0 saturated heterocycles. The summed E-state index contributed by atoms with van der Waals surface area (Å²) in [6, 6.07) is 0. The monoisotopic (exact) mass is 536 g/mol. The fourth-order valence-corrected chi connectivity index (χ4v) is 5.05. The standard InChI is InChI=1S/C28H57O7P/c1-3-5-7-9-11-12-17-21-25-34-28(30)24-20-16-13-15-19-23-27(35-36(31,32)33)26(29)22-18-14-10-8-6-4-2/h26-27,29H,3-25H2,1-2H3,(H2,31,32,33). The van der Waals surface area contributed by atoms with E-state index >= 15 is 0 Å². The largest absolute Gasteiger partial charge is 0.469 e. The van der Waals surface area contributed by atoms with Crippen LogP contribution in [0.5, 0.6) is 0 Å². The number of hydrogen-bond acceptors (Lipinski definition) is 5. The summed E-state index contributed by atoms with van der Waals surface area (Å²) < 4.78 is 21.5. The van der Waals surface area contributed by atoms with Gasteiger partial charge >= 0.3 is 13.8 Å². The van der Waals surface area contributed by atoms with Crippen molar-refractivity contribution < 1.29 is 33.5 Å². The third-order valence-corrected chi connectivity index (χ3v) is 7.23. The van der Waals surface area contributed by atoms with Gasteiger partial charge in [-0.15, -0.1) is 0 Å². The summed E-state index contributed by atoms with van der Waals surface area (Å²) in [6.07, 6.45) is 20.3. The minimum absolute atomic E-state index is 0.120. The molecule has 2 unspecified atom stereocenters. The van der Waals surface area contributed by atoms with Crippen LogP contribution in [0.3, 0.4) is 0 Å². The van der Waals surface area contributed by atoms with E-state index in [1.54, 1.807) is 0 Å². The zero-order chi connectivity index (χ0) is 26.9. The first-order valence-electron chi connectivity index (χ1n) is 14.9. The summed E-state index contributed by atoms with van der Waals surface area (Å²) >= 11 is 0. The van der Waals surface area contributed by atoms with Gasteiger partial charge in [0.25, 0.3) is 0 Å². The fraction of sp³-hybridized carbons (Fsp3) is 0.964. The molecule has 0 fully saturated rings. The lowest BCUT2D eigenvalue weighted by Crippen LogP contribution is -2.28. The van der Waals surface area contributed by atoms with Crippen molar-refractivity contribution in [3.8, 4) is 0 Å². The number of esters is 1. The summed E-state index contributed by atoms with van der Waals surface area (Å²) in [4.78, 5) is 30.3. The molecule has 216 valence electrons. The van der Waals surface area contributed by atoms with Crippen LogP contribution in [-0.2, 0) is 18.6 Å². The summed E-state index contributed by atoms with van der Waals surface area (Å²) in [5, 5.41) is 10.4. The molecule has 3 N–H and O–H groups in total. The Morgan fingerprint density at radius 3 is 1.64 bits per heavy atom. The first-order valence-corrected chi connectivity index (χ1v) is 16.4. The molecule has 8 heteroatoms. The third kappa shape index (κ3) is 25.2. The molecule has 0 aliphatic rings. The molecule has 0 rings (SSSR count). The lowest BCUT2D eigenvalue weighted by molar-refractivity contribution is -0.143. The van der Waals surface area contributed by atoms with Crippen molar-refractivity contribution in [1.29, 1.82) is 0 Å². The molecule has 0 aliphatic heterocycles. The Morgan fingerprint density at radius 2 is 1.11 bits per heavy atom. The highest BCUT2D eigenvalue weighted by Gasteiger charge is 2.27. The average molecular weight is 537 g/mol. The van der Waals surface area contributed by atoms with Gasteiger partial charge in [0, 0.05) is 6.42 Å². The Labute approximate surface area is 221 Å². The van der Waals surface area contributed by atoms with E-state index in [1.807, 2.05) is 0 Å². The Bertz CT molecular complexity index is 538. The SMILES string of the molecule is CCCCCCCCCCOC(=O)CCCCCCCC(OP(=O)(O)O)C(O)CCCCCCCC. The maximum absolute atomic E-state index is 11.9. The van der Waals surface area contributed by atoms with Crippen LogP contribution in [0.2, 0.25) is 0 Å². The summed E-state index contributed by atoms with van der Waals surface area (Å²) in [5.41, 5.74) is 0. The van der Waals surface area contributed by atoms with Crippen LogP contribution in [0.4, 0.5) is 0 Å². The van der Waals surface area contributed by atoms with Gasteiger partial charge in [-0.2, -0.15) is 0 Å². The van der Waals surface area contributed by atoms with E-state index in [0.717, 1.165) is 64.2 Å². The zero-order valence-electron chi connectivity index (χ0n) is 23.3. The normalized spacial score (nSPS) is 13.6. The van der Waals surface area contributed by atoms with E-state index in [0.29, 0.717) is 25.9 Å². The molecule has 0 heterocycles.